The van der Waals surface area contributed by atoms with Crippen LogP contribution in [0.1, 0.15) is 24.5 Å². The van der Waals surface area contributed by atoms with Crippen molar-refractivity contribution in [3.05, 3.63) is 29.3 Å². The molecule has 0 radical (unpaired) electrons. The van der Waals surface area contributed by atoms with Crippen LogP contribution in [0.3, 0.4) is 0 Å². The smallest absolute Gasteiger partial charge is 0.321 e. The van der Waals surface area contributed by atoms with Crippen LogP contribution in [0.2, 0.25) is 0 Å². The Balaban J connectivity index is 1.95. The maximum atomic E-state index is 12.1. The van der Waals surface area contributed by atoms with Crippen molar-refractivity contribution >= 4 is 17.7 Å². The molecule has 0 aromatic heterocycles. The van der Waals surface area contributed by atoms with Crippen molar-refractivity contribution in [2.75, 3.05) is 25.1 Å². The number of fused-ring (bicyclic) bond motifs is 1. The zero-order valence-electron chi connectivity index (χ0n) is 13.1. The fourth-order valence-corrected chi connectivity index (χ4v) is 3.41. The lowest BCUT2D eigenvalue weighted by Gasteiger charge is -2.33. The number of carbonyl (C=O) groups excluding carboxylic acids is 1. The number of amidine groups is 1. The molecule has 1 spiro atoms. The predicted molar refractivity (Wildman–Crippen MR) is 86.2 cm³/mol. The summed E-state index contributed by atoms with van der Waals surface area (Å²) in [6, 6.07) is 6.34. The van der Waals surface area contributed by atoms with E-state index in [1.165, 1.54) is 11.1 Å². The molecule has 0 fully saturated rings. The summed E-state index contributed by atoms with van der Waals surface area (Å²) < 4.78 is 5.37. The van der Waals surface area contributed by atoms with E-state index in [4.69, 9.17) is 10.5 Å². The first-order valence-electron chi connectivity index (χ1n) is 7.67. The number of amides is 2. The Labute approximate surface area is 130 Å². The number of aliphatic imine (C=N–C) groups is 1. The molecule has 118 valence electrons. The molecule has 1 aliphatic carbocycles. The van der Waals surface area contributed by atoms with Gasteiger partial charge in [0.1, 0.15) is 12.1 Å². The number of hydrogen-bond acceptors (Lipinski definition) is 4. The minimum absolute atomic E-state index is 0.0809. The molecule has 2 amide bonds. The first-order chi connectivity index (χ1) is 10.6. The third-order valence-corrected chi connectivity index (χ3v) is 4.51. The van der Waals surface area contributed by atoms with E-state index >= 15 is 0 Å². The van der Waals surface area contributed by atoms with Crippen molar-refractivity contribution in [2.24, 2.45) is 10.7 Å². The zero-order chi connectivity index (χ0) is 15.7. The van der Waals surface area contributed by atoms with Gasteiger partial charge >= 0.3 is 6.03 Å². The van der Waals surface area contributed by atoms with E-state index in [1.54, 1.807) is 11.9 Å². The Morgan fingerprint density at radius 3 is 3.00 bits per heavy atom. The minimum Gasteiger partial charge on any atom is -0.463 e. The summed E-state index contributed by atoms with van der Waals surface area (Å²) in [7, 11) is 1.66. The predicted octanol–water partition coefficient (Wildman–Crippen LogP) is 1.42. The van der Waals surface area contributed by atoms with Crippen LogP contribution in [0.4, 0.5) is 10.5 Å². The Morgan fingerprint density at radius 2 is 2.36 bits per heavy atom. The van der Waals surface area contributed by atoms with Crippen LogP contribution < -0.4 is 16.0 Å². The van der Waals surface area contributed by atoms with Crippen molar-refractivity contribution in [2.45, 2.75) is 31.7 Å². The molecule has 6 nitrogen and oxygen atoms in total. The summed E-state index contributed by atoms with van der Waals surface area (Å²) in [6.07, 6.45) is 2.57. The van der Waals surface area contributed by atoms with Gasteiger partial charge in [-0.25, -0.2) is 9.79 Å². The number of hydrogen-bond donors (Lipinski definition) is 2. The fourth-order valence-electron chi connectivity index (χ4n) is 3.41. The molecule has 2 aliphatic rings. The average molecular weight is 302 g/mol. The Hall–Kier alpha value is -2.24. The molecule has 22 heavy (non-hydrogen) atoms. The number of anilines is 1. The number of carbonyl (C=O) groups is 1. The monoisotopic (exact) mass is 302 g/mol. The largest absolute Gasteiger partial charge is 0.463 e. The van der Waals surface area contributed by atoms with Crippen LogP contribution in [0, 0.1) is 0 Å². The molecular weight excluding hydrogens is 280 g/mol. The highest BCUT2D eigenvalue weighted by molar-refractivity contribution is 5.92. The summed E-state index contributed by atoms with van der Waals surface area (Å²) in [6.45, 7) is 3.17. The molecule has 6 heteroatoms. The fraction of sp³-hybridized carbons (Fsp3) is 0.500. The second-order valence-corrected chi connectivity index (χ2v) is 5.85. The summed E-state index contributed by atoms with van der Waals surface area (Å²) in [4.78, 5) is 18.4. The quantitative estimate of drug-likeness (QED) is 0.867. The molecule has 0 saturated carbocycles. The zero-order valence-corrected chi connectivity index (χ0v) is 13.1. The molecule has 1 aliphatic heterocycles. The van der Waals surface area contributed by atoms with Crippen LogP contribution in [0.25, 0.3) is 0 Å². The summed E-state index contributed by atoms with van der Waals surface area (Å²) in [5.41, 5.74) is 8.92. The number of benzene rings is 1. The number of nitrogens with zero attached hydrogens (tertiary/aromatic N) is 2. The third-order valence-electron chi connectivity index (χ3n) is 4.51. The van der Waals surface area contributed by atoms with Crippen molar-refractivity contribution in [3.8, 4) is 0 Å². The van der Waals surface area contributed by atoms with Gasteiger partial charge in [-0.1, -0.05) is 12.1 Å². The third kappa shape index (κ3) is 2.38. The molecular formula is C16H22N4O2. The van der Waals surface area contributed by atoms with Crippen LogP contribution in [0.5, 0.6) is 0 Å². The topological polar surface area (TPSA) is 80.0 Å². The van der Waals surface area contributed by atoms with Gasteiger partial charge in [0.2, 0.25) is 0 Å². The first-order valence-corrected chi connectivity index (χ1v) is 7.67. The number of urea groups is 1. The number of ether oxygens (including phenoxy) is 1. The van der Waals surface area contributed by atoms with Crippen molar-refractivity contribution < 1.29 is 9.53 Å². The lowest BCUT2D eigenvalue weighted by atomic mass is 9.78. The van der Waals surface area contributed by atoms with Crippen molar-refractivity contribution in [1.29, 1.82) is 0 Å². The second-order valence-electron chi connectivity index (χ2n) is 5.85. The molecule has 1 aromatic rings. The van der Waals surface area contributed by atoms with Gasteiger partial charge < -0.3 is 15.8 Å². The molecule has 3 N–H and O–H groups in total. The Kier molecular flexibility index (Phi) is 3.68. The van der Waals surface area contributed by atoms with Gasteiger partial charge in [0.25, 0.3) is 6.02 Å². The number of rotatable bonds is 2. The standard InChI is InChI=1S/C16H22N4O2/c1-3-20(15(21)18-2)13-6-4-5-11-9-16(8-7-12(11)13)10-22-14(17)19-16/h4-6H,3,7-10H2,1-2H3,(H2,17,19)(H,18,21)/t16-/m1/s1. The summed E-state index contributed by atoms with van der Waals surface area (Å²) in [5.74, 6) is 0. The molecule has 0 unspecified atom stereocenters. The Morgan fingerprint density at radius 1 is 1.55 bits per heavy atom. The normalized spacial score (nSPS) is 22.7. The number of nitrogens with one attached hydrogen (secondary N) is 1. The lowest BCUT2D eigenvalue weighted by molar-refractivity contribution is 0.235. The van der Waals surface area contributed by atoms with Gasteiger partial charge in [0.15, 0.2) is 0 Å². The van der Waals surface area contributed by atoms with Gasteiger partial charge in [0, 0.05) is 25.7 Å². The van der Waals surface area contributed by atoms with Gasteiger partial charge in [-0.15, -0.1) is 0 Å². The summed E-state index contributed by atoms with van der Waals surface area (Å²) >= 11 is 0. The van der Waals surface area contributed by atoms with E-state index < -0.39 is 0 Å². The maximum absolute atomic E-state index is 12.1. The minimum atomic E-state index is -0.222. The highest BCUT2D eigenvalue weighted by Gasteiger charge is 2.40. The van der Waals surface area contributed by atoms with Crippen LogP contribution >= 0.6 is 0 Å². The first kappa shape index (κ1) is 14.7. The van der Waals surface area contributed by atoms with Gasteiger partial charge in [-0.3, -0.25) is 4.90 Å². The molecule has 0 bridgehead atoms. The average Bonchev–Trinajstić information content (AvgIpc) is 2.88. The van der Waals surface area contributed by atoms with E-state index in [-0.39, 0.29) is 11.6 Å². The van der Waals surface area contributed by atoms with E-state index in [0.717, 1.165) is 24.9 Å². The van der Waals surface area contributed by atoms with Crippen molar-refractivity contribution in [3.63, 3.8) is 0 Å². The van der Waals surface area contributed by atoms with Crippen LogP contribution in [0.15, 0.2) is 23.2 Å². The van der Waals surface area contributed by atoms with Crippen LogP contribution in [-0.4, -0.2) is 37.8 Å². The SMILES string of the molecule is CCN(C(=O)NC)c1cccc2c1CC[C@]1(COC(N)=N1)C2. The van der Waals surface area contributed by atoms with Gasteiger partial charge in [-0.05, 0) is 37.0 Å². The van der Waals surface area contributed by atoms with Gasteiger partial charge in [0.05, 0.1) is 0 Å². The lowest BCUT2D eigenvalue weighted by Crippen LogP contribution is -2.40. The molecule has 1 atom stereocenters. The molecule has 0 saturated heterocycles. The second kappa shape index (κ2) is 5.51. The van der Waals surface area contributed by atoms with E-state index in [0.29, 0.717) is 19.2 Å². The van der Waals surface area contributed by atoms with E-state index in [2.05, 4.69) is 16.4 Å². The van der Waals surface area contributed by atoms with E-state index in [9.17, 15) is 4.79 Å². The van der Waals surface area contributed by atoms with Gasteiger partial charge in [-0.2, -0.15) is 0 Å². The van der Waals surface area contributed by atoms with E-state index in [1.807, 2.05) is 19.1 Å². The molecule has 3 rings (SSSR count). The Bertz CT molecular complexity index is 629. The highest BCUT2D eigenvalue weighted by Crippen LogP contribution is 2.38. The summed E-state index contributed by atoms with van der Waals surface area (Å²) in [5, 5.41) is 2.70. The maximum Gasteiger partial charge on any atom is 0.321 e. The molecule has 1 heterocycles. The molecule has 1 aromatic carbocycles. The van der Waals surface area contributed by atoms with Crippen molar-refractivity contribution in [1.82, 2.24) is 5.32 Å². The number of nitrogens with two attached hydrogens (primary N) is 1. The van der Waals surface area contributed by atoms with Crippen LogP contribution in [-0.2, 0) is 17.6 Å². The highest BCUT2D eigenvalue weighted by atomic mass is 16.5.